The molecule has 20 heavy (non-hydrogen) atoms. The van der Waals surface area contributed by atoms with Crippen LogP contribution in [0.4, 0.5) is 0 Å². The molecule has 0 saturated carbocycles. The van der Waals surface area contributed by atoms with Gasteiger partial charge in [0.1, 0.15) is 0 Å². The standard InChI is InChI=1S/C15H27N3O2/c1-14(2,3)12(10-19)17(7)13(20)11-8-16-18(9-11)15(4,5)6/h8-9,12,19H,10H2,1-7H3/t12-/m1/s1. The summed E-state index contributed by atoms with van der Waals surface area (Å²) in [5.74, 6) is -0.116. The van der Waals surface area contributed by atoms with E-state index in [9.17, 15) is 9.90 Å². The Balaban J connectivity index is 2.97. The number of aromatic nitrogens is 2. The van der Waals surface area contributed by atoms with Gasteiger partial charge in [0, 0.05) is 13.2 Å². The molecule has 1 atom stereocenters. The highest BCUT2D eigenvalue weighted by Gasteiger charge is 2.31. The second kappa shape index (κ2) is 5.56. The number of nitrogens with zero attached hydrogens (tertiary/aromatic N) is 3. The molecule has 1 aromatic rings. The summed E-state index contributed by atoms with van der Waals surface area (Å²) >= 11 is 0. The zero-order chi connectivity index (χ0) is 15.7. The summed E-state index contributed by atoms with van der Waals surface area (Å²) in [6, 6.07) is -0.229. The van der Waals surface area contributed by atoms with Crippen molar-refractivity contribution in [3.05, 3.63) is 18.0 Å². The minimum atomic E-state index is -0.229. The molecule has 0 aliphatic heterocycles. The molecule has 1 amide bonds. The van der Waals surface area contributed by atoms with Crippen molar-refractivity contribution >= 4 is 5.91 Å². The predicted octanol–water partition coefficient (Wildman–Crippen LogP) is 2.12. The molecule has 0 bridgehead atoms. The highest BCUT2D eigenvalue weighted by molar-refractivity contribution is 5.93. The molecule has 0 aromatic carbocycles. The van der Waals surface area contributed by atoms with Crippen LogP contribution >= 0.6 is 0 Å². The fourth-order valence-electron chi connectivity index (χ4n) is 2.12. The van der Waals surface area contributed by atoms with Gasteiger partial charge in [-0.05, 0) is 26.2 Å². The highest BCUT2D eigenvalue weighted by Crippen LogP contribution is 2.24. The minimum Gasteiger partial charge on any atom is -0.394 e. The van der Waals surface area contributed by atoms with Crippen LogP contribution in [0.3, 0.4) is 0 Å². The number of hydrogen-bond acceptors (Lipinski definition) is 3. The topological polar surface area (TPSA) is 58.4 Å². The number of rotatable bonds is 3. The molecular weight excluding hydrogens is 254 g/mol. The van der Waals surface area contributed by atoms with Gasteiger partial charge in [0.25, 0.3) is 5.91 Å². The molecule has 0 radical (unpaired) electrons. The molecule has 5 nitrogen and oxygen atoms in total. The monoisotopic (exact) mass is 281 g/mol. The van der Waals surface area contributed by atoms with Gasteiger partial charge in [0.15, 0.2) is 0 Å². The van der Waals surface area contributed by atoms with Crippen LogP contribution in [0, 0.1) is 5.41 Å². The average Bonchev–Trinajstić information content (AvgIpc) is 2.75. The Labute approximate surface area is 121 Å². The van der Waals surface area contributed by atoms with Crippen LogP contribution in [0.25, 0.3) is 0 Å². The van der Waals surface area contributed by atoms with Crippen molar-refractivity contribution in [3.8, 4) is 0 Å². The van der Waals surface area contributed by atoms with Gasteiger partial charge < -0.3 is 10.0 Å². The van der Waals surface area contributed by atoms with Crippen LogP contribution in [-0.4, -0.2) is 45.4 Å². The van der Waals surface area contributed by atoms with Crippen LogP contribution in [0.15, 0.2) is 12.4 Å². The molecule has 1 N–H and O–H groups in total. The first-order valence-corrected chi connectivity index (χ1v) is 6.91. The molecule has 1 rings (SSSR count). The summed E-state index contributed by atoms with van der Waals surface area (Å²) in [6.45, 7) is 12.1. The van der Waals surface area contributed by atoms with E-state index in [1.165, 1.54) is 0 Å². The minimum absolute atomic E-state index is 0.0564. The molecule has 0 aliphatic carbocycles. The Bertz CT molecular complexity index is 466. The van der Waals surface area contributed by atoms with E-state index in [2.05, 4.69) is 5.10 Å². The molecule has 5 heteroatoms. The van der Waals surface area contributed by atoms with Crippen LogP contribution in [0.2, 0.25) is 0 Å². The second-order valence-corrected chi connectivity index (χ2v) is 7.32. The van der Waals surface area contributed by atoms with Crippen LogP contribution in [0.5, 0.6) is 0 Å². The van der Waals surface area contributed by atoms with Crippen LogP contribution < -0.4 is 0 Å². The van der Waals surface area contributed by atoms with E-state index in [-0.39, 0.29) is 29.5 Å². The van der Waals surface area contributed by atoms with E-state index < -0.39 is 0 Å². The van der Waals surface area contributed by atoms with Gasteiger partial charge in [0.2, 0.25) is 0 Å². The van der Waals surface area contributed by atoms with Crippen molar-refractivity contribution in [2.75, 3.05) is 13.7 Å². The fraction of sp³-hybridized carbons (Fsp3) is 0.733. The Morgan fingerprint density at radius 3 is 2.25 bits per heavy atom. The van der Waals surface area contributed by atoms with Crippen molar-refractivity contribution < 1.29 is 9.90 Å². The lowest BCUT2D eigenvalue weighted by atomic mass is 9.86. The van der Waals surface area contributed by atoms with Gasteiger partial charge in [-0.25, -0.2) is 0 Å². The zero-order valence-corrected chi connectivity index (χ0v) is 13.6. The van der Waals surface area contributed by atoms with Crippen molar-refractivity contribution in [2.24, 2.45) is 5.41 Å². The average molecular weight is 281 g/mol. The summed E-state index contributed by atoms with van der Waals surface area (Å²) in [7, 11) is 1.73. The lowest BCUT2D eigenvalue weighted by molar-refractivity contribution is 0.0433. The summed E-state index contributed by atoms with van der Waals surface area (Å²) in [4.78, 5) is 14.1. The maximum Gasteiger partial charge on any atom is 0.257 e. The maximum absolute atomic E-state index is 12.5. The Morgan fingerprint density at radius 2 is 1.90 bits per heavy atom. The van der Waals surface area contributed by atoms with Gasteiger partial charge in [0.05, 0.1) is 29.9 Å². The highest BCUT2D eigenvalue weighted by atomic mass is 16.3. The molecule has 0 unspecified atom stereocenters. The van der Waals surface area contributed by atoms with E-state index in [0.717, 1.165) is 0 Å². The summed E-state index contributed by atoms with van der Waals surface area (Å²) in [5.41, 5.74) is 0.210. The van der Waals surface area contributed by atoms with E-state index in [0.29, 0.717) is 5.56 Å². The number of aliphatic hydroxyl groups is 1. The molecule has 0 spiro atoms. The van der Waals surface area contributed by atoms with E-state index in [1.807, 2.05) is 41.5 Å². The van der Waals surface area contributed by atoms with Crippen molar-refractivity contribution in [2.45, 2.75) is 53.1 Å². The molecule has 1 aromatic heterocycles. The third-order valence-electron chi connectivity index (χ3n) is 3.48. The lowest BCUT2D eigenvalue weighted by Crippen LogP contribution is -2.47. The molecular formula is C15H27N3O2. The Morgan fingerprint density at radius 1 is 1.35 bits per heavy atom. The number of aliphatic hydroxyl groups excluding tert-OH is 1. The second-order valence-electron chi connectivity index (χ2n) is 7.32. The largest absolute Gasteiger partial charge is 0.394 e. The number of hydrogen-bond donors (Lipinski definition) is 1. The molecule has 0 fully saturated rings. The molecule has 1 heterocycles. The van der Waals surface area contributed by atoms with Gasteiger partial charge in [-0.1, -0.05) is 20.8 Å². The third kappa shape index (κ3) is 3.60. The van der Waals surface area contributed by atoms with Crippen molar-refractivity contribution in [3.63, 3.8) is 0 Å². The summed E-state index contributed by atoms with van der Waals surface area (Å²) in [5, 5.41) is 13.8. The summed E-state index contributed by atoms with van der Waals surface area (Å²) in [6.07, 6.45) is 3.34. The third-order valence-corrected chi connectivity index (χ3v) is 3.48. The predicted molar refractivity (Wildman–Crippen MR) is 79.6 cm³/mol. The van der Waals surface area contributed by atoms with Crippen molar-refractivity contribution in [1.29, 1.82) is 0 Å². The van der Waals surface area contributed by atoms with Gasteiger partial charge >= 0.3 is 0 Å². The Hall–Kier alpha value is -1.36. The summed E-state index contributed by atoms with van der Waals surface area (Å²) < 4.78 is 1.78. The van der Waals surface area contributed by atoms with E-state index in [1.54, 1.807) is 29.0 Å². The molecule has 114 valence electrons. The number of likely N-dealkylation sites (N-methyl/N-ethyl adjacent to an activating group) is 1. The van der Waals surface area contributed by atoms with Crippen molar-refractivity contribution in [1.82, 2.24) is 14.7 Å². The van der Waals surface area contributed by atoms with Gasteiger partial charge in [-0.2, -0.15) is 5.10 Å². The number of amides is 1. The van der Waals surface area contributed by atoms with E-state index >= 15 is 0 Å². The number of carbonyl (C=O) groups is 1. The first-order valence-electron chi connectivity index (χ1n) is 6.91. The van der Waals surface area contributed by atoms with Gasteiger partial charge in [-0.15, -0.1) is 0 Å². The zero-order valence-electron chi connectivity index (χ0n) is 13.6. The maximum atomic E-state index is 12.5. The molecule has 0 saturated heterocycles. The molecule has 0 aliphatic rings. The normalized spacial score (nSPS) is 14.2. The first kappa shape index (κ1) is 16.7. The van der Waals surface area contributed by atoms with Crippen LogP contribution in [-0.2, 0) is 5.54 Å². The lowest BCUT2D eigenvalue weighted by Gasteiger charge is -2.36. The Kier molecular flexibility index (Phi) is 4.64. The fourth-order valence-corrected chi connectivity index (χ4v) is 2.12. The van der Waals surface area contributed by atoms with Crippen LogP contribution in [0.1, 0.15) is 51.9 Å². The first-order chi connectivity index (χ1) is 8.98. The SMILES string of the molecule is CN(C(=O)c1cnn(C(C)(C)C)c1)[C@H](CO)C(C)(C)C. The van der Waals surface area contributed by atoms with E-state index in [4.69, 9.17) is 0 Å². The number of carbonyl (C=O) groups excluding carboxylic acids is 1. The quantitative estimate of drug-likeness (QED) is 0.923. The van der Waals surface area contributed by atoms with Gasteiger partial charge in [-0.3, -0.25) is 9.48 Å². The smallest absolute Gasteiger partial charge is 0.257 e.